The molecule has 0 aliphatic carbocycles. The van der Waals surface area contributed by atoms with Gasteiger partial charge in [0, 0.05) is 4.90 Å². The van der Waals surface area contributed by atoms with Crippen molar-refractivity contribution in [3.05, 3.63) is 59.2 Å². The summed E-state index contributed by atoms with van der Waals surface area (Å²) in [6.07, 6.45) is 1.78. The van der Waals surface area contributed by atoms with Crippen molar-refractivity contribution in [1.82, 2.24) is 5.32 Å². The van der Waals surface area contributed by atoms with Gasteiger partial charge in [-0.2, -0.15) is 0 Å². The maximum absolute atomic E-state index is 12.2. The van der Waals surface area contributed by atoms with Gasteiger partial charge >= 0.3 is 5.97 Å². The number of aryl methyl sites for hydroxylation is 2. The Morgan fingerprint density at radius 2 is 1.81 bits per heavy atom. The van der Waals surface area contributed by atoms with Crippen LogP contribution in [-0.4, -0.2) is 29.8 Å². The molecule has 2 N–H and O–H groups in total. The van der Waals surface area contributed by atoms with E-state index in [0.29, 0.717) is 5.75 Å². The molecule has 0 aliphatic rings. The fraction of sp³-hybridized carbons (Fsp3) is 0.300. The summed E-state index contributed by atoms with van der Waals surface area (Å²) in [4.78, 5) is 24.4. The quantitative estimate of drug-likeness (QED) is 0.690. The van der Waals surface area contributed by atoms with Gasteiger partial charge in [0.2, 0.25) is 0 Å². The van der Waals surface area contributed by atoms with Crippen LogP contribution in [0.2, 0.25) is 0 Å². The van der Waals surface area contributed by atoms with E-state index in [-0.39, 0.29) is 18.9 Å². The van der Waals surface area contributed by atoms with Crippen molar-refractivity contribution in [1.29, 1.82) is 0 Å². The van der Waals surface area contributed by atoms with Gasteiger partial charge in [-0.3, -0.25) is 9.59 Å². The highest BCUT2D eigenvalue weighted by molar-refractivity contribution is 7.98. The number of ether oxygens (including phenoxy) is 1. The molecule has 0 saturated heterocycles. The van der Waals surface area contributed by atoms with Crippen molar-refractivity contribution in [3.63, 3.8) is 0 Å². The van der Waals surface area contributed by atoms with E-state index in [9.17, 15) is 9.59 Å². The zero-order valence-electron chi connectivity index (χ0n) is 15.1. The Morgan fingerprint density at radius 1 is 1.12 bits per heavy atom. The van der Waals surface area contributed by atoms with Crippen LogP contribution < -0.4 is 10.1 Å². The number of carboxylic acids is 1. The lowest BCUT2D eigenvalue weighted by Crippen LogP contribution is -2.33. The number of rotatable bonds is 8. The summed E-state index contributed by atoms with van der Waals surface area (Å²) >= 11 is 1.60. The van der Waals surface area contributed by atoms with E-state index in [1.54, 1.807) is 11.8 Å². The molecule has 0 heterocycles. The largest absolute Gasteiger partial charge is 0.484 e. The molecule has 2 aromatic carbocycles. The average molecular weight is 373 g/mol. The van der Waals surface area contributed by atoms with E-state index in [1.165, 1.54) is 0 Å². The monoisotopic (exact) mass is 373 g/mol. The molecule has 0 bridgehead atoms. The van der Waals surface area contributed by atoms with E-state index in [0.717, 1.165) is 21.6 Å². The van der Waals surface area contributed by atoms with Gasteiger partial charge in [0.25, 0.3) is 5.91 Å². The second-order valence-electron chi connectivity index (χ2n) is 6.03. The first-order chi connectivity index (χ1) is 12.4. The van der Waals surface area contributed by atoms with Gasteiger partial charge in [0.15, 0.2) is 6.61 Å². The fourth-order valence-electron chi connectivity index (χ4n) is 2.45. The zero-order chi connectivity index (χ0) is 19.1. The third kappa shape index (κ3) is 5.81. The van der Waals surface area contributed by atoms with Crippen molar-refractivity contribution in [2.45, 2.75) is 31.2 Å². The standard InChI is InChI=1S/C20H23NO4S/c1-13-4-7-16(10-14(13)2)25-12-19(22)21-18(11-20(23)24)15-5-8-17(26-3)9-6-15/h4-10,18H,11-12H2,1-3H3,(H,21,22)(H,23,24). The lowest BCUT2D eigenvalue weighted by atomic mass is 10.0. The van der Waals surface area contributed by atoms with E-state index in [4.69, 9.17) is 9.84 Å². The molecule has 5 nitrogen and oxygen atoms in total. The molecule has 0 spiro atoms. The SMILES string of the molecule is CSc1ccc(C(CC(=O)O)NC(=O)COc2ccc(C)c(C)c2)cc1. The number of nitrogens with one attached hydrogen (secondary N) is 1. The van der Waals surface area contributed by atoms with Crippen LogP contribution in [0.3, 0.4) is 0 Å². The molecular formula is C20H23NO4S. The van der Waals surface area contributed by atoms with Crippen molar-refractivity contribution in [3.8, 4) is 5.75 Å². The van der Waals surface area contributed by atoms with Gasteiger partial charge in [-0.05, 0) is 61.1 Å². The number of amides is 1. The number of carboxylic acid groups (broad SMARTS) is 1. The Morgan fingerprint density at radius 3 is 2.38 bits per heavy atom. The highest BCUT2D eigenvalue weighted by Gasteiger charge is 2.18. The topological polar surface area (TPSA) is 75.6 Å². The minimum Gasteiger partial charge on any atom is -0.484 e. The van der Waals surface area contributed by atoms with Crippen LogP contribution in [0.1, 0.15) is 29.2 Å². The molecule has 2 rings (SSSR count). The maximum atomic E-state index is 12.2. The molecule has 6 heteroatoms. The van der Waals surface area contributed by atoms with Crippen molar-refractivity contribution in [2.24, 2.45) is 0 Å². The molecule has 1 amide bonds. The number of benzene rings is 2. The van der Waals surface area contributed by atoms with Crippen LogP contribution in [0.15, 0.2) is 47.4 Å². The number of thioether (sulfide) groups is 1. The summed E-state index contributed by atoms with van der Waals surface area (Å²) in [5.41, 5.74) is 2.99. The second-order valence-corrected chi connectivity index (χ2v) is 6.91. The van der Waals surface area contributed by atoms with Crippen molar-refractivity contribution in [2.75, 3.05) is 12.9 Å². The van der Waals surface area contributed by atoms with Crippen LogP contribution in [0, 0.1) is 13.8 Å². The Labute approximate surface area is 157 Å². The van der Waals surface area contributed by atoms with Gasteiger partial charge in [0.1, 0.15) is 5.75 Å². The molecule has 26 heavy (non-hydrogen) atoms. The zero-order valence-corrected chi connectivity index (χ0v) is 15.9. The fourth-order valence-corrected chi connectivity index (χ4v) is 2.86. The third-order valence-corrected chi connectivity index (χ3v) is 4.82. The first-order valence-corrected chi connectivity index (χ1v) is 9.46. The van der Waals surface area contributed by atoms with Crippen LogP contribution in [0.5, 0.6) is 5.75 Å². The van der Waals surface area contributed by atoms with Crippen molar-refractivity contribution >= 4 is 23.6 Å². The third-order valence-electron chi connectivity index (χ3n) is 4.08. The smallest absolute Gasteiger partial charge is 0.305 e. The predicted molar refractivity (Wildman–Crippen MR) is 103 cm³/mol. The van der Waals surface area contributed by atoms with Crippen LogP contribution in [-0.2, 0) is 9.59 Å². The summed E-state index contributed by atoms with van der Waals surface area (Å²) in [7, 11) is 0. The first-order valence-electron chi connectivity index (χ1n) is 8.24. The molecule has 0 fully saturated rings. The minimum absolute atomic E-state index is 0.165. The Bertz CT molecular complexity index is 774. The highest BCUT2D eigenvalue weighted by Crippen LogP contribution is 2.21. The number of carbonyl (C=O) groups is 2. The van der Waals surface area contributed by atoms with Gasteiger partial charge in [-0.15, -0.1) is 11.8 Å². The molecule has 0 aromatic heterocycles. The van der Waals surface area contributed by atoms with Gasteiger partial charge in [-0.1, -0.05) is 18.2 Å². The highest BCUT2D eigenvalue weighted by atomic mass is 32.2. The Kier molecular flexibility index (Phi) is 7.09. The lowest BCUT2D eigenvalue weighted by molar-refractivity contribution is -0.137. The Hall–Kier alpha value is -2.47. The molecule has 2 aromatic rings. The molecule has 0 saturated carbocycles. The molecule has 138 valence electrons. The summed E-state index contributed by atoms with van der Waals surface area (Å²) in [6.45, 7) is 3.82. The second kappa shape index (κ2) is 9.29. The number of aliphatic carboxylic acids is 1. The molecule has 0 radical (unpaired) electrons. The normalized spacial score (nSPS) is 11.7. The number of carbonyl (C=O) groups excluding carboxylic acids is 1. The molecule has 1 unspecified atom stereocenters. The van der Waals surface area contributed by atoms with Crippen LogP contribution in [0.4, 0.5) is 0 Å². The van der Waals surface area contributed by atoms with E-state index >= 15 is 0 Å². The Balaban J connectivity index is 2.00. The van der Waals surface area contributed by atoms with E-state index in [2.05, 4.69) is 5.32 Å². The maximum Gasteiger partial charge on any atom is 0.305 e. The van der Waals surface area contributed by atoms with Crippen LogP contribution in [0.25, 0.3) is 0 Å². The van der Waals surface area contributed by atoms with Crippen molar-refractivity contribution < 1.29 is 19.4 Å². The predicted octanol–water partition coefficient (Wildman–Crippen LogP) is 3.74. The molecular weight excluding hydrogens is 350 g/mol. The van der Waals surface area contributed by atoms with Crippen LogP contribution >= 0.6 is 11.8 Å². The average Bonchev–Trinajstić information content (AvgIpc) is 2.62. The number of hydrogen-bond acceptors (Lipinski definition) is 4. The summed E-state index contributed by atoms with van der Waals surface area (Å²) in [5.74, 6) is -0.717. The van der Waals surface area contributed by atoms with E-state index < -0.39 is 12.0 Å². The lowest BCUT2D eigenvalue weighted by Gasteiger charge is -2.18. The van der Waals surface area contributed by atoms with E-state index in [1.807, 2.05) is 62.6 Å². The van der Waals surface area contributed by atoms with Gasteiger partial charge in [-0.25, -0.2) is 0 Å². The molecule has 0 aliphatic heterocycles. The number of hydrogen-bond donors (Lipinski definition) is 2. The van der Waals surface area contributed by atoms with Gasteiger partial charge < -0.3 is 15.2 Å². The summed E-state index contributed by atoms with van der Waals surface area (Å²) in [6, 6.07) is 12.5. The first kappa shape index (κ1) is 19.8. The minimum atomic E-state index is -0.973. The molecule has 1 atom stereocenters. The summed E-state index contributed by atoms with van der Waals surface area (Å²) in [5, 5.41) is 11.9. The van der Waals surface area contributed by atoms with Gasteiger partial charge in [0.05, 0.1) is 12.5 Å². The summed E-state index contributed by atoms with van der Waals surface area (Å²) < 4.78 is 5.52.